The molecule has 0 bridgehead atoms. The topological polar surface area (TPSA) is 45.4 Å². The summed E-state index contributed by atoms with van der Waals surface area (Å²) in [6, 6.07) is 3.71. The number of hydrogen-bond acceptors (Lipinski definition) is 3. The van der Waals surface area contributed by atoms with Gasteiger partial charge in [0.25, 0.3) is 0 Å². The number of rotatable bonds is 1. The molecule has 2 atom stereocenters. The first-order valence-corrected chi connectivity index (χ1v) is 4.73. The van der Waals surface area contributed by atoms with Crippen LogP contribution in [0.4, 0.5) is 0 Å². The highest BCUT2D eigenvalue weighted by molar-refractivity contribution is 5.13. The van der Waals surface area contributed by atoms with Gasteiger partial charge >= 0.3 is 0 Å². The zero-order valence-corrected chi connectivity index (χ0v) is 7.79. The first-order valence-electron chi connectivity index (χ1n) is 4.73. The van der Waals surface area contributed by atoms with E-state index in [9.17, 15) is 5.11 Å². The first-order chi connectivity index (χ1) is 6.23. The minimum Gasteiger partial charge on any atom is -0.466 e. The quantitative estimate of drug-likeness (QED) is 0.685. The summed E-state index contributed by atoms with van der Waals surface area (Å²) < 4.78 is 5.26. The highest BCUT2D eigenvalue weighted by Crippen LogP contribution is 2.32. The third-order valence-corrected chi connectivity index (χ3v) is 2.85. The zero-order valence-electron chi connectivity index (χ0n) is 7.79. The Morgan fingerprint density at radius 3 is 3.15 bits per heavy atom. The van der Waals surface area contributed by atoms with E-state index < -0.39 is 5.60 Å². The molecule has 13 heavy (non-hydrogen) atoms. The molecule has 2 unspecified atom stereocenters. The molecule has 1 aliphatic heterocycles. The smallest absolute Gasteiger partial charge is 0.137 e. The summed E-state index contributed by atoms with van der Waals surface area (Å²) >= 11 is 0. The van der Waals surface area contributed by atoms with E-state index in [1.807, 2.05) is 19.1 Å². The number of furan rings is 1. The standard InChI is InChI=1S/C10H15NO2/c1-8-10(12,5-3-6-11-8)9-4-2-7-13-9/h2,4,7-8,11-12H,3,5-6H2,1H3. The molecule has 0 aromatic carbocycles. The molecule has 0 spiro atoms. The van der Waals surface area contributed by atoms with Crippen LogP contribution in [-0.4, -0.2) is 17.7 Å². The molecule has 1 saturated heterocycles. The van der Waals surface area contributed by atoms with E-state index in [0.29, 0.717) is 5.76 Å². The van der Waals surface area contributed by atoms with Gasteiger partial charge in [-0.2, -0.15) is 0 Å². The Kier molecular flexibility index (Phi) is 2.14. The second-order valence-corrected chi connectivity index (χ2v) is 3.68. The summed E-state index contributed by atoms with van der Waals surface area (Å²) in [4.78, 5) is 0. The molecule has 3 heteroatoms. The van der Waals surface area contributed by atoms with Crippen LogP contribution in [0.25, 0.3) is 0 Å². The predicted octanol–water partition coefficient (Wildman–Crippen LogP) is 1.24. The molecule has 2 heterocycles. The molecule has 1 aliphatic rings. The normalized spacial score (nSPS) is 34.8. The summed E-state index contributed by atoms with van der Waals surface area (Å²) in [5.74, 6) is 0.673. The van der Waals surface area contributed by atoms with Crippen LogP contribution >= 0.6 is 0 Å². The maximum Gasteiger partial charge on any atom is 0.137 e. The van der Waals surface area contributed by atoms with Crippen LogP contribution in [0.3, 0.4) is 0 Å². The summed E-state index contributed by atoms with van der Waals surface area (Å²) in [6.45, 7) is 2.96. The average Bonchev–Trinajstić information content (AvgIpc) is 2.63. The lowest BCUT2D eigenvalue weighted by atomic mass is 9.85. The molecule has 0 radical (unpaired) electrons. The molecule has 1 fully saturated rings. The fourth-order valence-electron chi connectivity index (χ4n) is 1.92. The van der Waals surface area contributed by atoms with Gasteiger partial charge in [0.2, 0.25) is 0 Å². The fraction of sp³-hybridized carbons (Fsp3) is 0.600. The number of aliphatic hydroxyl groups is 1. The van der Waals surface area contributed by atoms with Gasteiger partial charge in [-0.1, -0.05) is 0 Å². The van der Waals surface area contributed by atoms with Crippen molar-refractivity contribution in [3.8, 4) is 0 Å². The second-order valence-electron chi connectivity index (χ2n) is 3.68. The predicted molar refractivity (Wildman–Crippen MR) is 49.3 cm³/mol. The highest BCUT2D eigenvalue weighted by atomic mass is 16.4. The van der Waals surface area contributed by atoms with Crippen LogP contribution in [0.1, 0.15) is 25.5 Å². The molecule has 2 rings (SSSR count). The van der Waals surface area contributed by atoms with E-state index in [1.54, 1.807) is 6.26 Å². The summed E-state index contributed by atoms with van der Waals surface area (Å²) in [5.41, 5.74) is -0.818. The van der Waals surface area contributed by atoms with E-state index in [0.717, 1.165) is 19.4 Å². The van der Waals surface area contributed by atoms with Crippen LogP contribution in [0.2, 0.25) is 0 Å². The van der Waals surface area contributed by atoms with Crippen molar-refractivity contribution in [2.24, 2.45) is 0 Å². The first kappa shape index (κ1) is 8.78. The van der Waals surface area contributed by atoms with Crippen LogP contribution in [-0.2, 0) is 5.60 Å². The maximum absolute atomic E-state index is 10.3. The van der Waals surface area contributed by atoms with Crippen molar-refractivity contribution in [1.29, 1.82) is 0 Å². The molecule has 72 valence electrons. The lowest BCUT2D eigenvalue weighted by Gasteiger charge is -2.37. The van der Waals surface area contributed by atoms with Crippen LogP contribution in [0.5, 0.6) is 0 Å². The van der Waals surface area contributed by atoms with Crippen molar-refractivity contribution < 1.29 is 9.52 Å². The molecule has 0 amide bonds. The molecular weight excluding hydrogens is 166 g/mol. The zero-order chi connectivity index (χ0) is 9.31. The van der Waals surface area contributed by atoms with Crippen LogP contribution in [0.15, 0.2) is 22.8 Å². The van der Waals surface area contributed by atoms with Crippen molar-refractivity contribution in [3.63, 3.8) is 0 Å². The molecule has 0 saturated carbocycles. The van der Waals surface area contributed by atoms with E-state index >= 15 is 0 Å². The monoisotopic (exact) mass is 181 g/mol. The van der Waals surface area contributed by atoms with Gasteiger partial charge in [-0.15, -0.1) is 0 Å². The molecule has 2 N–H and O–H groups in total. The molecule has 1 aromatic rings. The van der Waals surface area contributed by atoms with Gasteiger partial charge in [-0.3, -0.25) is 0 Å². The maximum atomic E-state index is 10.3. The van der Waals surface area contributed by atoms with E-state index in [4.69, 9.17) is 4.42 Å². The number of nitrogens with one attached hydrogen (secondary N) is 1. The van der Waals surface area contributed by atoms with Crippen molar-refractivity contribution >= 4 is 0 Å². The van der Waals surface area contributed by atoms with Crippen molar-refractivity contribution in [2.45, 2.75) is 31.4 Å². The third kappa shape index (κ3) is 1.38. The van der Waals surface area contributed by atoms with Gasteiger partial charge in [0.15, 0.2) is 0 Å². The Hall–Kier alpha value is -0.800. The third-order valence-electron chi connectivity index (χ3n) is 2.85. The Balaban J connectivity index is 2.27. The Morgan fingerprint density at radius 2 is 2.54 bits per heavy atom. The minimum atomic E-state index is -0.818. The van der Waals surface area contributed by atoms with Crippen LogP contribution < -0.4 is 5.32 Å². The summed E-state index contributed by atoms with van der Waals surface area (Å²) in [5, 5.41) is 13.6. The Labute approximate surface area is 77.8 Å². The highest BCUT2D eigenvalue weighted by Gasteiger charge is 2.39. The Bertz CT molecular complexity index is 270. The number of hydrogen-bond donors (Lipinski definition) is 2. The van der Waals surface area contributed by atoms with Crippen LogP contribution in [0, 0.1) is 0 Å². The van der Waals surface area contributed by atoms with Gasteiger partial charge in [0, 0.05) is 6.04 Å². The summed E-state index contributed by atoms with van der Waals surface area (Å²) in [6.07, 6.45) is 3.37. The van der Waals surface area contributed by atoms with Crippen molar-refractivity contribution in [1.82, 2.24) is 5.32 Å². The molecule has 1 aromatic heterocycles. The van der Waals surface area contributed by atoms with Gasteiger partial charge in [-0.25, -0.2) is 0 Å². The fourth-order valence-corrected chi connectivity index (χ4v) is 1.92. The average molecular weight is 181 g/mol. The lowest BCUT2D eigenvalue weighted by molar-refractivity contribution is -0.0403. The van der Waals surface area contributed by atoms with Gasteiger partial charge in [0.1, 0.15) is 11.4 Å². The minimum absolute atomic E-state index is 0.0624. The lowest BCUT2D eigenvalue weighted by Crippen LogP contribution is -2.50. The SMILES string of the molecule is CC1NCCCC1(O)c1ccco1. The molecular formula is C10H15NO2. The van der Waals surface area contributed by atoms with E-state index in [2.05, 4.69) is 5.32 Å². The summed E-state index contributed by atoms with van der Waals surface area (Å²) in [7, 11) is 0. The second kappa shape index (κ2) is 3.16. The van der Waals surface area contributed by atoms with Crippen molar-refractivity contribution in [2.75, 3.05) is 6.54 Å². The van der Waals surface area contributed by atoms with Gasteiger partial charge < -0.3 is 14.8 Å². The molecule has 3 nitrogen and oxygen atoms in total. The van der Waals surface area contributed by atoms with Gasteiger partial charge in [-0.05, 0) is 38.4 Å². The Morgan fingerprint density at radius 1 is 1.69 bits per heavy atom. The largest absolute Gasteiger partial charge is 0.466 e. The van der Waals surface area contributed by atoms with Gasteiger partial charge in [0.05, 0.1) is 6.26 Å². The van der Waals surface area contributed by atoms with E-state index in [-0.39, 0.29) is 6.04 Å². The van der Waals surface area contributed by atoms with Crippen molar-refractivity contribution in [3.05, 3.63) is 24.2 Å². The van der Waals surface area contributed by atoms with E-state index in [1.165, 1.54) is 0 Å². The molecule has 0 aliphatic carbocycles. The number of piperidine rings is 1.